The molecule has 1 aliphatic carbocycles. The summed E-state index contributed by atoms with van der Waals surface area (Å²) in [7, 11) is 0. The van der Waals surface area contributed by atoms with Crippen molar-refractivity contribution in [2.24, 2.45) is 0 Å². The van der Waals surface area contributed by atoms with Crippen LogP contribution in [0.25, 0.3) is 27.5 Å². The van der Waals surface area contributed by atoms with Gasteiger partial charge in [0.25, 0.3) is 0 Å². The predicted octanol–water partition coefficient (Wildman–Crippen LogP) is 8.39. The molecule has 0 fully saturated rings. The lowest BCUT2D eigenvalue weighted by Crippen LogP contribution is -2.28. The zero-order valence-corrected chi connectivity index (χ0v) is 19.7. The molecule has 2 aliphatic rings. The summed E-state index contributed by atoms with van der Waals surface area (Å²) in [5, 5.41) is 6.70. The molecule has 7 rings (SSSR count). The SMILES string of the molecule is CC12C=CC=CC1Sc1cc(Nc3ccc4c5ccccc5n(-c5ccccc5)c4c3)ccc12. The Bertz CT molecular complexity index is 1630. The second kappa shape index (κ2) is 7.41. The van der Waals surface area contributed by atoms with Gasteiger partial charge in [0.2, 0.25) is 0 Å². The van der Waals surface area contributed by atoms with Crippen LogP contribution in [-0.4, -0.2) is 9.82 Å². The van der Waals surface area contributed by atoms with Crippen LogP contribution in [-0.2, 0) is 5.41 Å². The Morgan fingerprint density at radius 3 is 2.44 bits per heavy atom. The quantitative estimate of drug-likeness (QED) is 0.294. The number of hydrogen-bond donors (Lipinski definition) is 1. The van der Waals surface area contributed by atoms with Crippen LogP contribution >= 0.6 is 11.8 Å². The fourth-order valence-electron chi connectivity index (χ4n) is 5.47. The molecule has 1 aliphatic heterocycles. The van der Waals surface area contributed by atoms with Gasteiger partial charge in [0.05, 0.1) is 11.0 Å². The minimum Gasteiger partial charge on any atom is -0.355 e. The maximum absolute atomic E-state index is 3.68. The first-order valence-corrected chi connectivity index (χ1v) is 12.6. The zero-order valence-electron chi connectivity index (χ0n) is 18.9. The fourth-order valence-corrected chi connectivity index (χ4v) is 6.97. The van der Waals surface area contributed by atoms with Crippen molar-refractivity contribution >= 4 is 44.9 Å². The number of nitrogens with one attached hydrogen (secondary N) is 1. The van der Waals surface area contributed by atoms with Gasteiger partial charge in [-0.25, -0.2) is 0 Å². The van der Waals surface area contributed by atoms with Crippen molar-refractivity contribution in [3.05, 3.63) is 121 Å². The van der Waals surface area contributed by atoms with Gasteiger partial charge in [-0.3, -0.25) is 0 Å². The molecule has 0 radical (unpaired) electrons. The molecule has 2 atom stereocenters. The van der Waals surface area contributed by atoms with E-state index in [2.05, 4.69) is 132 Å². The van der Waals surface area contributed by atoms with E-state index in [0.717, 1.165) is 11.4 Å². The number of rotatable bonds is 3. The number of hydrogen-bond acceptors (Lipinski definition) is 2. The molecule has 34 heavy (non-hydrogen) atoms. The average molecular weight is 457 g/mol. The third-order valence-electron chi connectivity index (χ3n) is 7.22. The fraction of sp³-hybridized carbons (Fsp3) is 0.0968. The van der Waals surface area contributed by atoms with E-state index in [0.29, 0.717) is 5.25 Å². The molecule has 0 saturated heterocycles. The molecule has 164 valence electrons. The molecule has 2 heterocycles. The summed E-state index contributed by atoms with van der Waals surface area (Å²) in [6.07, 6.45) is 9.03. The van der Waals surface area contributed by atoms with Crippen LogP contribution < -0.4 is 5.32 Å². The molecule has 0 bridgehead atoms. The summed E-state index contributed by atoms with van der Waals surface area (Å²) >= 11 is 1.97. The van der Waals surface area contributed by atoms with Crippen molar-refractivity contribution in [3.63, 3.8) is 0 Å². The molecule has 5 aromatic rings. The Labute approximate surface area is 203 Å². The van der Waals surface area contributed by atoms with E-state index in [9.17, 15) is 0 Å². The average Bonchev–Trinajstić information content (AvgIpc) is 3.35. The Morgan fingerprint density at radius 2 is 1.53 bits per heavy atom. The Balaban J connectivity index is 1.31. The molecular formula is C31H24N2S. The highest BCUT2D eigenvalue weighted by molar-refractivity contribution is 8.00. The van der Waals surface area contributed by atoms with Crippen LogP contribution in [0.15, 0.2) is 120 Å². The molecule has 0 amide bonds. The zero-order chi connectivity index (χ0) is 22.7. The number of benzene rings is 4. The van der Waals surface area contributed by atoms with Crippen LogP contribution in [0.3, 0.4) is 0 Å². The van der Waals surface area contributed by atoms with E-state index in [4.69, 9.17) is 0 Å². The molecule has 1 N–H and O–H groups in total. The number of aromatic nitrogens is 1. The number of para-hydroxylation sites is 2. The van der Waals surface area contributed by atoms with E-state index in [-0.39, 0.29) is 5.41 Å². The topological polar surface area (TPSA) is 17.0 Å². The normalized spacial score (nSPS) is 20.6. The summed E-state index contributed by atoms with van der Waals surface area (Å²) in [5.74, 6) is 0. The van der Waals surface area contributed by atoms with Gasteiger partial charge >= 0.3 is 0 Å². The van der Waals surface area contributed by atoms with Gasteiger partial charge in [0.15, 0.2) is 0 Å². The minimum atomic E-state index is 0.0861. The minimum absolute atomic E-state index is 0.0861. The van der Waals surface area contributed by atoms with E-state index >= 15 is 0 Å². The van der Waals surface area contributed by atoms with Crippen molar-refractivity contribution in [2.45, 2.75) is 22.5 Å². The molecule has 1 aromatic heterocycles. The van der Waals surface area contributed by atoms with Crippen molar-refractivity contribution in [1.82, 2.24) is 4.57 Å². The number of fused-ring (bicyclic) bond motifs is 6. The second-order valence-corrected chi connectivity index (χ2v) is 10.5. The number of thioether (sulfide) groups is 1. The second-order valence-electron chi connectivity index (χ2n) is 9.32. The molecule has 2 nitrogen and oxygen atoms in total. The first-order chi connectivity index (χ1) is 16.7. The molecule has 4 aromatic carbocycles. The third-order valence-corrected chi connectivity index (χ3v) is 8.72. The summed E-state index contributed by atoms with van der Waals surface area (Å²) in [4.78, 5) is 1.37. The highest BCUT2D eigenvalue weighted by Crippen LogP contribution is 2.52. The first-order valence-electron chi connectivity index (χ1n) is 11.7. The summed E-state index contributed by atoms with van der Waals surface area (Å²) in [6.45, 7) is 2.35. The largest absolute Gasteiger partial charge is 0.355 e. The highest BCUT2D eigenvalue weighted by atomic mass is 32.2. The van der Waals surface area contributed by atoms with E-state index in [1.165, 1.54) is 38.0 Å². The van der Waals surface area contributed by atoms with Crippen molar-refractivity contribution in [3.8, 4) is 5.69 Å². The van der Waals surface area contributed by atoms with Gasteiger partial charge in [-0.15, -0.1) is 11.8 Å². The van der Waals surface area contributed by atoms with Gasteiger partial charge in [-0.1, -0.05) is 79.8 Å². The van der Waals surface area contributed by atoms with Crippen molar-refractivity contribution in [1.29, 1.82) is 0 Å². The maximum atomic E-state index is 3.68. The Morgan fingerprint density at radius 1 is 0.765 bits per heavy atom. The van der Waals surface area contributed by atoms with Crippen LogP contribution in [0.2, 0.25) is 0 Å². The molecule has 0 spiro atoms. The van der Waals surface area contributed by atoms with Gasteiger partial charge < -0.3 is 9.88 Å². The molecule has 3 heteroatoms. The lowest BCUT2D eigenvalue weighted by Gasteiger charge is -2.28. The summed E-state index contributed by atoms with van der Waals surface area (Å²) < 4.78 is 2.36. The van der Waals surface area contributed by atoms with E-state index in [1.807, 2.05) is 11.8 Å². The lowest BCUT2D eigenvalue weighted by molar-refractivity contribution is 0.620. The highest BCUT2D eigenvalue weighted by Gasteiger charge is 2.41. The lowest BCUT2D eigenvalue weighted by atomic mass is 9.77. The standard InChI is InChI=1S/C31H24N2S/c1-31-18-8-7-13-30(31)34-29-20-22(15-17-26(29)31)32-21-14-16-25-24-11-5-6-12-27(24)33(28(25)19-21)23-9-3-2-4-10-23/h2-20,30,32H,1H3. The van der Waals surface area contributed by atoms with Crippen LogP contribution in [0.5, 0.6) is 0 Å². The van der Waals surface area contributed by atoms with Crippen molar-refractivity contribution < 1.29 is 0 Å². The summed E-state index contributed by atoms with van der Waals surface area (Å²) in [5.41, 5.74) is 7.35. The van der Waals surface area contributed by atoms with Gasteiger partial charge in [-0.2, -0.15) is 0 Å². The summed E-state index contributed by atoms with van der Waals surface area (Å²) in [6, 6.07) is 32.8. The van der Waals surface area contributed by atoms with Crippen LogP contribution in [0, 0.1) is 0 Å². The predicted molar refractivity (Wildman–Crippen MR) is 146 cm³/mol. The Hall–Kier alpha value is -3.69. The smallest absolute Gasteiger partial charge is 0.0561 e. The number of nitrogens with zero attached hydrogens (tertiary/aromatic N) is 1. The number of allylic oxidation sites excluding steroid dienone is 3. The van der Waals surface area contributed by atoms with Gasteiger partial charge in [0, 0.05) is 43.4 Å². The molecule has 0 saturated carbocycles. The third kappa shape index (κ3) is 2.90. The van der Waals surface area contributed by atoms with Crippen LogP contribution in [0.4, 0.5) is 11.4 Å². The van der Waals surface area contributed by atoms with Crippen molar-refractivity contribution in [2.75, 3.05) is 5.32 Å². The van der Waals surface area contributed by atoms with E-state index < -0.39 is 0 Å². The van der Waals surface area contributed by atoms with Gasteiger partial charge in [0.1, 0.15) is 0 Å². The maximum Gasteiger partial charge on any atom is 0.0561 e. The number of anilines is 2. The Kier molecular flexibility index (Phi) is 4.30. The van der Waals surface area contributed by atoms with E-state index in [1.54, 1.807) is 0 Å². The van der Waals surface area contributed by atoms with Gasteiger partial charge in [-0.05, 0) is 48.0 Å². The molecule has 2 unspecified atom stereocenters. The monoisotopic (exact) mass is 456 g/mol. The van der Waals surface area contributed by atoms with Crippen LogP contribution in [0.1, 0.15) is 12.5 Å². The first kappa shape index (κ1) is 19.7. The molecular weight excluding hydrogens is 432 g/mol.